The number of ether oxygens (including phenoxy) is 2. The van der Waals surface area contributed by atoms with E-state index in [1.807, 2.05) is 39.8 Å². The molecule has 32 heavy (non-hydrogen) atoms. The van der Waals surface area contributed by atoms with Crippen LogP contribution in [0.2, 0.25) is 0 Å². The van der Waals surface area contributed by atoms with Gasteiger partial charge in [-0.1, -0.05) is 25.1 Å². The number of carbonyl (C=O) groups excluding carboxylic acids is 3. The zero-order valence-corrected chi connectivity index (χ0v) is 20.6. The summed E-state index contributed by atoms with van der Waals surface area (Å²) < 4.78 is 12.4. The van der Waals surface area contributed by atoms with Crippen molar-refractivity contribution in [2.75, 3.05) is 11.5 Å². The van der Waals surface area contributed by atoms with Gasteiger partial charge in [-0.25, -0.2) is 9.69 Å². The number of para-hydroxylation sites is 1. The summed E-state index contributed by atoms with van der Waals surface area (Å²) in [5.41, 5.74) is 1.74. The molecular weight excluding hydrogens is 523 g/mol. The van der Waals surface area contributed by atoms with Crippen LogP contribution >= 0.6 is 22.6 Å². The Kier molecular flexibility index (Phi) is 7.55. The van der Waals surface area contributed by atoms with Gasteiger partial charge in [-0.3, -0.25) is 14.9 Å². The Bertz CT molecular complexity index is 1090. The second-order valence-corrected chi connectivity index (χ2v) is 8.53. The topological polar surface area (TPSA) is 84.9 Å². The number of nitrogens with zero attached hydrogens (tertiary/aromatic N) is 1. The first kappa shape index (κ1) is 23.8. The van der Waals surface area contributed by atoms with Gasteiger partial charge in [0, 0.05) is 0 Å². The van der Waals surface area contributed by atoms with Gasteiger partial charge in [-0.2, -0.15) is 0 Å². The van der Waals surface area contributed by atoms with Crippen molar-refractivity contribution in [1.82, 2.24) is 5.32 Å². The van der Waals surface area contributed by atoms with Crippen molar-refractivity contribution in [2.24, 2.45) is 0 Å². The molecule has 0 aromatic heterocycles. The Hall–Kier alpha value is -2.88. The fourth-order valence-corrected chi connectivity index (χ4v) is 4.11. The molecule has 1 aliphatic rings. The third kappa shape index (κ3) is 4.95. The van der Waals surface area contributed by atoms with E-state index in [0.717, 1.165) is 14.0 Å². The Labute approximate surface area is 200 Å². The molecule has 4 amide bonds. The zero-order chi connectivity index (χ0) is 23.4. The summed E-state index contributed by atoms with van der Waals surface area (Å²) in [5, 5.41) is 2.27. The van der Waals surface area contributed by atoms with Gasteiger partial charge < -0.3 is 9.47 Å². The summed E-state index contributed by atoms with van der Waals surface area (Å²) in [6, 6.07) is 9.89. The molecule has 0 aliphatic carbocycles. The van der Waals surface area contributed by atoms with Gasteiger partial charge in [0.25, 0.3) is 11.8 Å². The van der Waals surface area contributed by atoms with E-state index >= 15 is 0 Å². The van der Waals surface area contributed by atoms with Crippen LogP contribution in [0.1, 0.15) is 38.8 Å². The lowest BCUT2D eigenvalue weighted by molar-refractivity contribution is -0.122. The van der Waals surface area contributed by atoms with Crippen LogP contribution in [0.3, 0.4) is 0 Å². The molecule has 1 fully saturated rings. The van der Waals surface area contributed by atoms with Crippen molar-refractivity contribution >= 4 is 52.2 Å². The molecular formula is C24H25IN2O5. The lowest BCUT2D eigenvalue weighted by atomic mass is 10.0. The Morgan fingerprint density at radius 1 is 1.12 bits per heavy atom. The van der Waals surface area contributed by atoms with Crippen LogP contribution in [0.15, 0.2) is 42.0 Å². The summed E-state index contributed by atoms with van der Waals surface area (Å²) in [5.74, 6) is -0.276. The predicted octanol–water partition coefficient (Wildman–Crippen LogP) is 4.71. The molecule has 8 heteroatoms. The van der Waals surface area contributed by atoms with Crippen molar-refractivity contribution in [2.45, 2.75) is 40.2 Å². The molecule has 1 saturated heterocycles. The first-order valence-electron chi connectivity index (χ1n) is 10.4. The normalized spacial score (nSPS) is 15.4. The highest BCUT2D eigenvalue weighted by atomic mass is 127. The Morgan fingerprint density at radius 3 is 2.50 bits per heavy atom. The van der Waals surface area contributed by atoms with Crippen LogP contribution < -0.4 is 19.7 Å². The molecule has 2 aromatic carbocycles. The summed E-state index contributed by atoms with van der Waals surface area (Å²) in [6.07, 6.45) is 2.05. The second-order valence-electron chi connectivity index (χ2n) is 7.37. The molecule has 0 spiro atoms. The molecule has 2 aromatic rings. The number of urea groups is 1. The molecule has 0 saturated carbocycles. The number of hydrogen-bond donors (Lipinski definition) is 1. The summed E-state index contributed by atoms with van der Waals surface area (Å²) in [4.78, 5) is 39.3. The molecule has 1 heterocycles. The standard InChI is InChI=1S/C24H25IN2O5/c1-5-16-9-7-8-10-19(16)27-23(29)17(22(28)26-24(27)30)11-15-12-18(25)21(32-14(3)4)20(13-15)31-6-2/h7-14H,5-6H2,1-4H3,(H,26,28,30)/b17-11-. The van der Waals surface area contributed by atoms with Crippen LogP contribution in [0, 0.1) is 3.57 Å². The van der Waals surface area contributed by atoms with Crippen LogP contribution in [0.5, 0.6) is 11.5 Å². The maximum Gasteiger partial charge on any atom is 0.335 e. The monoisotopic (exact) mass is 548 g/mol. The highest BCUT2D eigenvalue weighted by molar-refractivity contribution is 14.1. The number of rotatable bonds is 7. The number of benzene rings is 2. The van der Waals surface area contributed by atoms with E-state index in [0.29, 0.717) is 35.8 Å². The summed E-state index contributed by atoms with van der Waals surface area (Å²) in [7, 11) is 0. The van der Waals surface area contributed by atoms with E-state index in [-0.39, 0.29) is 11.7 Å². The molecule has 7 nitrogen and oxygen atoms in total. The summed E-state index contributed by atoms with van der Waals surface area (Å²) in [6.45, 7) is 8.08. The van der Waals surface area contributed by atoms with Crippen molar-refractivity contribution < 1.29 is 23.9 Å². The molecule has 0 bridgehead atoms. The predicted molar refractivity (Wildman–Crippen MR) is 131 cm³/mol. The second kappa shape index (κ2) is 10.2. The average Bonchev–Trinajstić information content (AvgIpc) is 2.74. The molecule has 1 N–H and O–H groups in total. The minimum atomic E-state index is -0.761. The van der Waals surface area contributed by atoms with Crippen LogP contribution in [0.4, 0.5) is 10.5 Å². The highest BCUT2D eigenvalue weighted by Gasteiger charge is 2.37. The SMILES string of the molecule is CCOc1cc(/C=C2/C(=O)NC(=O)N(c3ccccc3CC)C2=O)cc(I)c1OC(C)C. The zero-order valence-electron chi connectivity index (χ0n) is 18.4. The largest absolute Gasteiger partial charge is 0.490 e. The highest BCUT2D eigenvalue weighted by Crippen LogP contribution is 2.36. The first-order valence-corrected chi connectivity index (χ1v) is 11.5. The number of barbiturate groups is 1. The third-order valence-electron chi connectivity index (χ3n) is 4.71. The molecule has 0 unspecified atom stereocenters. The van der Waals surface area contributed by atoms with Gasteiger partial charge in [0.1, 0.15) is 5.57 Å². The first-order chi connectivity index (χ1) is 15.3. The maximum atomic E-state index is 13.2. The van der Waals surface area contributed by atoms with Crippen LogP contribution in [-0.4, -0.2) is 30.6 Å². The summed E-state index contributed by atoms with van der Waals surface area (Å²) >= 11 is 2.13. The minimum Gasteiger partial charge on any atom is -0.490 e. The smallest absolute Gasteiger partial charge is 0.335 e. The van der Waals surface area contributed by atoms with Gasteiger partial charge in [0.15, 0.2) is 11.5 Å². The number of carbonyl (C=O) groups is 3. The lowest BCUT2D eigenvalue weighted by Crippen LogP contribution is -2.54. The van der Waals surface area contributed by atoms with E-state index in [2.05, 4.69) is 27.9 Å². The van der Waals surface area contributed by atoms with Crippen LogP contribution in [0.25, 0.3) is 6.08 Å². The number of nitrogens with one attached hydrogen (secondary N) is 1. The van der Waals surface area contributed by atoms with Gasteiger partial charge in [-0.15, -0.1) is 0 Å². The fraction of sp³-hybridized carbons (Fsp3) is 0.292. The maximum absolute atomic E-state index is 13.2. The Balaban J connectivity index is 2.06. The van der Waals surface area contributed by atoms with Gasteiger partial charge in [0.05, 0.1) is 22.0 Å². The molecule has 1 aliphatic heterocycles. The number of aryl methyl sites for hydroxylation is 1. The third-order valence-corrected chi connectivity index (χ3v) is 5.51. The number of anilines is 1. The quantitative estimate of drug-likeness (QED) is 0.308. The van der Waals surface area contributed by atoms with Gasteiger partial charge in [0.2, 0.25) is 0 Å². The van der Waals surface area contributed by atoms with E-state index in [9.17, 15) is 14.4 Å². The molecule has 3 rings (SSSR count). The van der Waals surface area contributed by atoms with Crippen LogP contribution in [-0.2, 0) is 16.0 Å². The molecule has 0 radical (unpaired) electrons. The minimum absolute atomic E-state index is 0.0455. The van der Waals surface area contributed by atoms with Crippen molar-refractivity contribution in [1.29, 1.82) is 0 Å². The number of halogens is 1. The van der Waals surface area contributed by atoms with Crippen molar-refractivity contribution in [3.63, 3.8) is 0 Å². The number of amides is 4. The van der Waals surface area contributed by atoms with Crippen molar-refractivity contribution in [3.05, 3.63) is 56.7 Å². The fourth-order valence-electron chi connectivity index (χ4n) is 3.36. The average molecular weight is 548 g/mol. The number of imide groups is 2. The Morgan fingerprint density at radius 2 is 1.84 bits per heavy atom. The lowest BCUT2D eigenvalue weighted by Gasteiger charge is -2.28. The van der Waals surface area contributed by atoms with E-state index in [1.54, 1.807) is 24.3 Å². The van der Waals surface area contributed by atoms with Crippen molar-refractivity contribution in [3.8, 4) is 11.5 Å². The van der Waals surface area contributed by atoms with E-state index in [4.69, 9.17) is 9.47 Å². The molecule has 168 valence electrons. The molecule has 0 atom stereocenters. The van der Waals surface area contributed by atoms with E-state index in [1.165, 1.54) is 6.08 Å². The van der Waals surface area contributed by atoms with E-state index < -0.39 is 17.8 Å². The number of hydrogen-bond acceptors (Lipinski definition) is 5. The van der Waals surface area contributed by atoms with Gasteiger partial charge in [-0.05, 0) is 85.2 Å². The van der Waals surface area contributed by atoms with Gasteiger partial charge >= 0.3 is 6.03 Å².